The Morgan fingerprint density at radius 1 is 1.56 bits per heavy atom. The predicted molar refractivity (Wildman–Crippen MR) is 70.6 cm³/mol. The molecular formula is C10H17ClN4S. The number of nitrogens with two attached hydrogens (primary N) is 1. The monoisotopic (exact) mass is 260 g/mol. The first kappa shape index (κ1) is 13.3. The van der Waals surface area contributed by atoms with Crippen molar-refractivity contribution in [2.75, 3.05) is 6.54 Å². The van der Waals surface area contributed by atoms with E-state index in [0.29, 0.717) is 18.4 Å². The van der Waals surface area contributed by atoms with E-state index in [-0.39, 0.29) is 0 Å². The first-order chi connectivity index (χ1) is 7.61. The highest BCUT2D eigenvalue weighted by molar-refractivity contribution is 7.16. The normalized spacial score (nSPS) is 11.9. The van der Waals surface area contributed by atoms with Crippen molar-refractivity contribution < 1.29 is 0 Å². The van der Waals surface area contributed by atoms with E-state index >= 15 is 0 Å². The number of hydrazine groups is 1. The van der Waals surface area contributed by atoms with Gasteiger partial charge in [0.1, 0.15) is 0 Å². The summed E-state index contributed by atoms with van der Waals surface area (Å²) >= 11 is 7.35. The largest absolute Gasteiger partial charge is 0.355 e. The van der Waals surface area contributed by atoms with Gasteiger partial charge in [-0.2, -0.15) is 0 Å². The van der Waals surface area contributed by atoms with E-state index in [0.717, 1.165) is 15.8 Å². The summed E-state index contributed by atoms with van der Waals surface area (Å²) in [5, 5.41) is 3.13. The van der Waals surface area contributed by atoms with Crippen LogP contribution in [0.5, 0.6) is 0 Å². The topological polar surface area (TPSA) is 62.4 Å². The lowest BCUT2D eigenvalue weighted by Crippen LogP contribution is -2.42. The summed E-state index contributed by atoms with van der Waals surface area (Å²) in [6.07, 6.45) is 0. The van der Waals surface area contributed by atoms with Crippen LogP contribution in [0, 0.1) is 5.92 Å². The van der Waals surface area contributed by atoms with Gasteiger partial charge in [0.15, 0.2) is 0 Å². The van der Waals surface area contributed by atoms with E-state index < -0.39 is 0 Å². The SMILES string of the molecule is CC(C)CNC(=NCc1ccc(Cl)s1)NN. The average Bonchev–Trinajstić information content (AvgIpc) is 2.64. The molecule has 4 N–H and O–H groups in total. The zero-order valence-corrected chi connectivity index (χ0v) is 11.0. The minimum atomic E-state index is 0.551. The molecule has 0 spiro atoms. The molecule has 1 rings (SSSR count). The molecule has 0 atom stereocenters. The molecule has 1 heterocycles. The van der Waals surface area contributed by atoms with Crippen LogP contribution >= 0.6 is 22.9 Å². The Morgan fingerprint density at radius 2 is 2.31 bits per heavy atom. The Hall–Kier alpha value is -0.780. The predicted octanol–water partition coefficient (Wildman–Crippen LogP) is 1.97. The van der Waals surface area contributed by atoms with Crippen LogP contribution in [-0.4, -0.2) is 12.5 Å². The van der Waals surface area contributed by atoms with Gasteiger partial charge in [0.2, 0.25) is 5.96 Å². The molecule has 0 unspecified atom stereocenters. The number of rotatable bonds is 4. The molecule has 0 aliphatic heterocycles. The fourth-order valence-electron chi connectivity index (χ4n) is 1.05. The van der Waals surface area contributed by atoms with Crippen molar-refractivity contribution in [3.05, 3.63) is 21.3 Å². The Labute approximate surface area is 105 Å². The minimum Gasteiger partial charge on any atom is -0.355 e. The summed E-state index contributed by atoms with van der Waals surface area (Å²) in [6.45, 7) is 5.68. The summed E-state index contributed by atoms with van der Waals surface area (Å²) in [7, 11) is 0. The maximum Gasteiger partial charge on any atom is 0.206 e. The van der Waals surface area contributed by atoms with E-state index in [1.807, 2.05) is 12.1 Å². The fourth-order valence-corrected chi connectivity index (χ4v) is 2.06. The number of aliphatic imine (C=N–C) groups is 1. The van der Waals surface area contributed by atoms with Crippen LogP contribution in [0.15, 0.2) is 17.1 Å². The summed E-state index contributed by atoms with van der Waals surface area (Å²) in [4.78, 5) is 5.43. The van der Waals surface area contributed by atoms with Crippen molar-refractivity contribution in [1.29, 1.82) is 0 Å². The Balaban J connectivity index is 2.46. The highest BCUT2D eigenvalue weighted by Crippen LogP contribution is 2.21. The Bertz CT molecular complexity index is 348. The van der Waals surface area contributed by atoms with Gasteiger partial charge in [-0.25, -0.2) is 10.8 Å². The third-order valence-electron chi connectivity index (χ3n) is 1.84. The summed E-state index contributed by atoms with van der Waals surface area (Å²) in [6, 6.07) is 3.83. The minimum absolute atomic E-state index is 0.551. The smallest absolute Gasteiger partial charge is 0.206 e. The van der Waals surface area contributed by atoms with Gasteiger partial charge < -0.3 is 5.32 Å². The molecule has 0 amide bonds. The van der Waals surface area contributed by atoms with Crippen molar-refractivity contribution in [3.63, 3.8) is 0 Å². The van der Waals surface area contributed by atoms with Gasteiger partial charge in [0, 0.05) is 11.4 Å². The molecule has 0 bridgehead atoms. The number of guanidine groups is 1. The first-order valence-corrected chi connectivity index (χ1v) is 6.30. The maximum atomic E-state index is 5.83. The van der Waals surface area contributed by atoms with Crippen molar-refractivity contribution in [2.24, 2.45) is 16.8 Å². The van der Waals surface area contributed by atoms with Gasteiger partial charge >= 0.3 is 0 Å². The lowest BCUT2D eigenvalue weighted by Gasteiger charge is -2.10. The van der Waals surface area contributed by atoms with Gasteiger partial charge in [0.25, 0.3) is 0 Å². The van der Waals surface area contributed by atoms with E-state index in [2.05, 4.69) is 29.6 Å². The molecule has 16 heavy (non-hydrogen) atoms. The molecule has 0 fully saturated rings. The number of hydrogen-bond acceptors (Lipinski definition) is 3. The van der Waals surface area contributed by atoms with Crippen molar-refractivity contribution >= 4 is 28.9 Å². The van der Waals surface area contributed by atoms with Crippen LogP contribution in [0.2, 0.25) is 4.34 Å². The summed E-state index contributed by atoms with van der Waals surface area (Å²) < 4.78 is 0.780. The van der Waals surface area contributed by atoms with Gasteiger partial charge in [-0.3, -0.25) is 5.43 Å². The summed E-state index contributed by atoms with van der Waals surface area (Å²) in [5.74, 6) is 6.52. The number of halogens is 1. The second-order valence-corrected chi connectivity index (χ2v) is 5.59. The molecule has 1 aromatic heterocycles. The second-order valence-electron chi connectivity index (χ2n) is 3.79. The zero-order chi connectivity index (χ0) is 12.0. The van der Waals surface area contributed by atoms with Crippen LogP contribution in [0.1, 0.15) is 18.7 Å². The van der Waals surface area contributed by atoms with Crippen LogP contribution < -0.4 is 16.6 Å². The van der Waals surface area contributed by atoms with Gasteiger partial charge in [0.05, 0.1) is 10.9 Å². The molecule has 0 aliphatic rings. The standard InChI is InChI=1S/C10H17ClN4S/c1-7(2)5-13-10(15-12)14-6-8-3-4-9(11)16-8/h3-4,7H,5-6,12H2,1-2H3,(H2,13,14,15). The lowest BCUT2D eigenvalue weighted by molar-refractivity contribution is 0.615. The average molecular weight is 261 g/mol. The van der Waals surface area contributed by atoms with E-state index in [1.54, 1.807) is 0 Å². The van der Waals surface area contributed by atoms with E-state index in [1.165, 1.54) is 11.3 Å². The molecule has 0 saturated heterocycles. The van der Waals surface area contributed by atoms with Crippen molar-refractivity contribution in [3.8, 4) is 0 Å². The molecule has 0 radical (unpaired) electrons. The van der Waals surface area contributed by atoms with Crippen LogP contribution in [0.4, 0.5) is 0 Å². The molecular weight excluding hydrogens is 244 g/mol. The Kier molecular flexibility index (Phi) is 5.59. The van der Waals surface area contributed by atoms with Gasteiger partial charge in [-0.1, -0.05) is 25.4 Å². The molecule has 0 aromatic carbocycles. The highest BCUT2D eigenvalue weighted by atomic mass is 35.5. The molecule has 6 heteroatoms. The van der Waals surface area contributed by atoms with E-state index in [4.69, 9.17) is 17.4 Å². The maximum absolute atomic E-state index is 5.83. The van der Waals surface area contributed by atoms with E-state index in [9.17, 15) is 0 Å². The van der Waals surface area contributed by atoms with Gasteiger partial charge in [-0.15, -0.1) is 11.3 Å². The third kappa shape index (κ3) is 4.83. The van der Waals surface area contributed by atoms with Crippen molar-refractivity contribution in [1.82, 2.24) is 10.7 Å². The van der Waals surface area contributed by atoms with Crippen molar-refractivity contribution in [2.45, 2.75) is 20.4 Å². The lowest BCUT2D eigenvalue weighted by atomic mass is 10.2. The Morgan fingerprint density at radius 3 is 2.81 bits per heavy atom. The third-order valence-corrected chi connectivity index (χ3v) is 3.05. The molecule has 90 valence electrons. The van der Waals surface area contributed by atoms with Crippen LogP contribution in [-0.2, 0) is 6.54 Å². The molecule has 1 aromatic rings. The number of nitrogens with one attached hydrogen (secondary N) is 2. The van der Waals surface area contributed by atoms with Gasteiger partial charge in [-0.05, 0) is 18.1 Å². The fraction of sp³-hybridized carbons (Fsp3) is 0.500. The molecule has 4 nitrogen and oxygen atoms in total. The molecule has 0 aliphatic carbocycles. The number of hydrogen-bond donors (Lipinski definition) is 3. The number of nitrogens with zero attached hydrogens (tertiary/aromatic N) is 1. The van der Waals surface area contributed by atoms with Crippen LogP contribution in [0.25, 0.3) is 0 Å². The first-order valence-electron chi connectivity index (χ1n) is 5.11. The second kappa shape index (κ2) is 6.73. The zero-order valence-electron chi connectivity index (χ0n) is 9.46. The highest BCUT2D eigenvalue weighted by Gasteiger charge is 2.00. The summed E-state index contributed by atoms with van der Waals surface area (Å²) in [5.41, 5.74) is 2.55. The number of thiophene rings is 1. The quantitative estimate of drug-likeness (QED) is 0.336. The molecule has 0 saturated carbocycles. The van der Waals surface area contributed by atoms with Crippen LogP contribution in [0.3, 0.4) is 0 Å².